The first-order chi connectivity index (χ1) is 12.2. The number of anilines is 1. The number of carbonyl (C=O) groups excluding carboxylic acids is 1. The van der Waals surface area contributed by atoms with Crippen LogP contribution in [-0.4, -0.2) is 55.3 Å². The Hall–Kier alpha value is -2.19. The average Bonchev–Trinajstić information content (AvgIpc) is 3.37. The van der Waals surface area contributed by atoms with Gasteiger partial charge in [0.2, 0.25) is 5.88 Å². The van der Waals surface area contributed by atoms with Crippen LogP contribution in [-0.2, 0) is 4.74 Å². The fourth-order valence-electron chi connectivity index (χ4n) is 3.53. The molecule has 0 saturated carbocycles. The second kappa shape index (κ2) is 6.97. The van der Waals surface area contributed by atoms with Crippen LogP contribution in [0.1, 0.15) is 10.4 Å². The molecule has 0 aliphatic carbocycles. The number of nitrogens with zero attached hydrogens (tertiary/aromatic N) is 3. The Morgan fingerprint density at radius 1 is 1.48 bits per heavy atom. The average molecular weight is 360 g/mol. The van der Waals surface area contributed by atoms with Gasteiger partial charge in [-0.3, -0.25) is 4.79 Å². The van der Waals surface area contributed by atoms with Gasteiger partial charge in [-0.1, -0.05) is 0 Å². The maximum atomic E-state index is 12.1. The summed E-state index contributed by atoms with van der Waals surface area (Å²) in [5.74, 6) is 2.11. The van der Waals surface area contributed by atoms with E-state index in [1.807, 2.05) is 22.9 Å². The third-order valence-corrected chi connectivity index (χ3v) is 5.59. The molecule has 4 rings (SSSR count). The van der Waals surface area contributed by atoms with Gasteiger partial charge in [-0.25, -0.2) is 9.97 Å². The minimum atomic E-state index is -0.0138. The summed E-state index contributed by atoms with van der Waals surface area (Å²) < 4.78 is 11.1. The molecular formula is C17H20N4O3S. The van der Waals surface area contributed by atoms with Crippen LogP contribution < -0.4 is 15.0 Å². The van der Waals surface area contributed by atoms with Gasteiger partial charge >= 0.3 is 0 Å². The van der Waals surface area contributed by atoms with E-state index in [1.165, 1.54) is 17.7 Å². The third kappa shape index (κ3) is 3.32. The number of thiophene rings is 1. The number of rotatable bonds is 5. The first-order valence-corrected chi connectivity index (χ1v) is 9.22. The lowest BCUT2D eigenvalue weighted by molar-refractivity contribution is 0.0940. The largest absolute Gasteiger partial charge is 0.481 e. The second-order valence-electron chi connectivity index (χ2n) is 6.34. The topological polar surface area (TPSA) is 76.6 Å². The lowest BCUT2D eigenvalue weighted by Gasteiger charge is -2.21. The van der Waals surface area contributed by atoms with Crippen molar-refractivity contribution in [2.24, 2.45) is 11.8 Å². The lowest BCUT2D eigenvalue weighted by Crippen LogP contribution is -2.34. The van der Waals surface area contributed by atoms with Crippen LogP contribution in [0.25, 0.3) is 0 Å². The van der Waals surface area contributed by atoms with Crippen molar-refractivity contribution in [1.29, 1.82) is 0 Å². The van der Waals surface area contributed by atoms with Gasteiger partial charge in [0.25, 0.3) is 5.91 Å². The normalized spacial score (nSPS) is 25.0. The van der Waals surface area contributed by atoms with Crippen molar-refractivity contribution in [2.45, 2.75) is 6.10 Å². The van der Waals surface area contributed by atoms with Gasteiger partial charge in [0, 0.05) is 48.5 Å². The Bertz CT molecular complexity index is 739. The molecule has 0 unspecified atom stereocenters. The summed E-state index contributed by atoms with van der Waals surface area (Å²) in [6.45, 7) is 3.00. The van der Waals surface area contributed by atoms with Crippen molar-refractivity contribution in [3.8, 4) is 5.88 Å². The molecule has 3 atom stereocenters. The van der Waals surface area contributed by atoms with Crippen molar-refractivity contribution >= 4 is 23.1 Å². The zero-order chi connectivity index (χ0) is 17.2. The molecule has 132 valence electrons. The number of ether oxygens (including phenoxy) is 2. The molecule has 7 nitrogen and oxygen atoms in total. The van der Waals surface area contributed by atoms with E-state index >= 15 is 0 Å². The van der Waals surface area contributed by atoms with Crippen LogP contribution in [0.2, 0.25) is 0 Å². The van der Waals surface area contributed by atoms with Gasteiger partial charge in [-0.15, -0.1) is 0 Å². The van der Waals surface area contributed by atoms with Crippen LogP contribution in [0.5, 0.6) is 5.88 Å². The number of aromatic nitrogens is 2. The molecule has 2 aliphatic heterocycles. The Labute approximate surface area is 150 Å². The minimum Gasteiger partial charge on any atom is -0.481 e. The van der Waals surface area contributed by atoms with E-state index in [4.69, 9.17) is 9.47 Å². The Balaban J connectivity index is 1.37. The number of carbonyl (C=O) groups is 1. The Morgan fingerprint density at radius 2 is 2.40 bits per heavy atom. The monoisotopic (exact) mass is 360 g/mol. The molecular weight excluding hydrogens is 340 g/mol. The van der Waals surface area contributed by atoms with Crippen molar-refractivity contribution in [3.63, 3.8) is 0 Å². The quantitative estimate of drug-likeness (QED) is 0.869. The highest BCUT2D eigenvalue weighted by Crippen LogP contribution is 2.35. The highest BCUT2D eigenvalue weighted by molar-refractivity contribution is 7.08. The third-order valence-electron chi connectivity index (χ3n) is 4.91. The molecule has 4 heterocycles. The molecule has 1 amide bonds. The van der Waals surface area contributed by atoms with Gasteiger partial charge < -0.3 is 19.7 Å². The maximum Gasteiger partial charge on any atom is 0.252 e. The molecule has 25 heavy (non-hydrogen) atoms. The number of fused-ring (bicyclic) bond motifs is 1. The lowest BCUT2D eigenvalue weighted by atomic mass is 9.93. The summed E-state index contributed by atoms with van der Waals surface area (Å²) in [4.78, 5) is 22.7. The number of hydrogen-bond acceptors (Lipinski definition) is 7. The number of methoxy groups -OCH3 is 1. The fourth-order valence-corrected chi connectivity index (χ4v) is 4.17. The maximum absolute atomic E-state index is 12.1. The smallest absolute Gasteiger partial charge is 0.252 e. The van der Waals surface area contributed by atoms with E-state index in [0.717, 1.165) is 24.5 Å². The van der Waals surface area contributed by atoms with Crippen molar-refractivity contribution in [1.82, 2.24) is 15.3 Å². The van der Waals surface area contributed by atoms with E-state index in [-0.39, 0.29) is 12.0 Å². The van der Waals surface area contributed by atoms with Crippen LogP contribution in [0.4, 0.5) is 5.82 Å². The zero-order valence-electron chi connectivity index (χ0n) is 13.9. The summed E-state index contributed by atoms with van der Waals surface area (Å²) >= 11 is 1.53. The van der Waals surface area contributed by atoms with Gasteiger partial charge in [0.05, 0.1) is 19.8 Å². The van der Waals surface area contributed by atoms with Gasteiger partial charge in [-0.2, -0.15) is 11.3 Å². The highest BCUT2D eigenvalue weighted by atomic mass is 32.1. The second-order valence-corrected chi connectivity index (χ2v) is 7.12. The van der Waals surface area contributed by atoms with E-state index in [2.05, 4.69) is 20.2 Å². The Morgan fingerprint density at radius 3 is 3.20 bits per heavy atom. The van der Waals surface area contributed by atoms with Crippen molar-refractivity contribution < 1.29 is 14.3 Å². The molecule has 1 N–H and O–H groups in total. The summed E-state index contributed by atoms with van der Waals surface area (Å²) in [5, 5.41) is 6.81. The summed E-state index contributed by atoms with van der Waals surface area (Å²) in [6.07, 6.45) is 1.70. The summed E-state index contributed by atoms with van der Waals surface area (Å²) in [7, 11) is 1.60. The molecule has 0 aromatic carbocycles. The first-order valence-electron chi connectivity index (χ1n) is 8.27. The van der Waals surface area contributed by atoms with Crippen LogP contribution in [0.3, 0.4) is 0 Å². The molecule has 2 aromatic heterocycles. The molecule has 2 fully saturated rings. The molecule has 2 aromatic rings. The standard InChI is InChI=1S/C17H20N4O3S/c1-23-16-4-15(19-10-20-16)21-6-13-12(8-24-14(13)7-21)5-18-17(22)11-2-3-25-9-11/h2-4,9-10,12-14H,5-8H2,1H3,(H,18,22)/t12-,13+,14+/m1/s1. The highest BCUT2D eigenvalue weighted by Gasteiger charge is 2.44. The van der Waals surface area contributed by atoms with E-state index in [1.54, 1.807) is 7.11 Å². The van der Waals surface area contributed by atoms with Crippen LogP contribution in [0.15, 0.2) is 29.2 Å². The molecule has 0 spiro atoms. The number of hydrogen-bond donors (Lipinski definition) is 1. The van der Waals surface area contributed by atoms with E-state index < -0.39 is 0 Å². The molecule has 8 heteroatoms. The van der Waals surface area contributed by atoms with E-state index in [0.29, 0.717) is 30.9 Å². The molecule has 0 radical (unpaired) electrons. The minimum absolute atomic E-state index is 0.0138. The van der Waals surface area contributed by atoms with Crippen molar-refractivity contribution in [2.75, 3.05) is 38.3 Å². The summed E-state index contributed by atoms with van der Waals surface area (Å²) in [5.41, 5.74) is 0.724. The van der Waals surface area contributed by atoms with E-state index in [9.17, 15) is 4.79 Å². The van der Waals surface area contributed by atoms with Crippen LogP contribution >= 0.6 is 11.3 Å². The van der Waals surface area contributed by atoms with Gasteiger partial charge in [-0.05, 0) is 11.4 Å². The first kappa shape index (κ1) is 16.3. The fraction of sp³-hybridized carbons (Fsp3) is 0.471. The van der Waals surface area contributed by atoms with Crippen molar-refractivity contribution in [3.05, 3.63) is 34.8 Å². The molecule has 2 aliphatic rings. The SMILES string of the molecule is COc1cc(N2C[C@H]3[C@H](CNC(=O)c4ccsc4)CO[C@H]3C2)ncn1. The van der Waals surface area contributed by atoms with Gasteiger partial charge in [0.1, 0.15) is 12.1 Å². The summed E-state index contributed by atoms with van der Waals surface area (Å²) in [6, 6.07) is 3.68. The number of nitrogens with one attached hydrogen (secondary N) is 1. The van der Waals surface area contributed by atoms with Gasteiger partial charge in [0.15, 0.2) is 0 Å². The molecule has 0 bridgehead atoms. The number of amides is 1. The predicted octanol–water partition coefficient (Wildman–Crippen LogP) is 1.43. The predicted molar refractivity (Wildman–Crippen MR) is 94.2 cm³/mol. The zero-order valence-corrected chi connectivity index (χ0v) is 14.7. The van der Waals surface area contributed by atoms with Crippen LogP contribution in [0, 0.1) is 11.8 Å². The molecule has 2 saturated heterocycles. The Kier molecular flexibility index (Phi) is 4.54.